The number of nitrogens with zero attached hydrogens (tertiary/aromatic N) is 6. The van der Waals surface area contributed by atoms with Crippen LogP contribution in [0.2, 0.25) is 0 Å². The van der Waals surface area contributed by atoms with Crippen molar-refractivity contribution in [2.45, 2.75) is 39.0 Å². The molecule has 32 heavy (non-hydrogen) atoms. The van der Waals surface area contributed by atoms with E-state index in [-0.39, 0.29) is 18.1 Å². The molecular formula is C21H24FN7O3. The molecular weight excluding hydrogens is 417 g/mol. The van der Waals surface area contributed by atoms with Crippen LogP contribution < -0.4 is 10.9 Å². The van der Waals surface area contributed by atoms with Crippen molar-refractivity contribution in [2.24, 2.45) is 7.05 Å². The Hall–Kier alpha value is -3.60. The number of carbonyl (C=O) groups is 1. The summed E-state index contributed by atoms with van der Waals surface area (Å²) in [4.78, 5) is 32.1. The number of halogens is 1. The van der Waals surface area contributed by atoms with E-state index in [1.807, 2.05) is 20.0 Å². The largest absolute Gasteiger partial charge is 0.501 e. The molecule has 4 rings (SSSR count). The molecule has 0 radical (unpaired) electrons. The predicted octanol–water partition coefficient (Wildman–Crippen LogP) is 0.897. The van der Waals surface area contributed by atoms with Crippen LogP contribution in [0.5, 0.6) is 5.75 Å². The maximum atomic E-state index is 13.1. The van der Waals surface area contributed by atoms with Gasteiger partial charge in [-0.2, -0.15) is 0 Å². The highest BCUT2D eigenvalue weighted by Crippen LogP contribution is 2.31. The molecule has 0 atom stereocenters. The van der Waals surface area contributed by atoms with Gasteiger partial charge in [0.1, 0.15) is 11.6 Å². The lowest BCUT2D eigenvalue weighted by Gasteiger charge is -2.42. The Bertz CT molecular complexity index is 1220. The van der Waals surface area contributed by atoms with E-state index in [1.54, 1.807) is 11.7 Å². The minimum Gasteiger partial charge on any atom is -0.501 e. The minimum atomic E-state index is -0.714. The normalized spacial score (nSPS) is 15.4. The van der Waals surface area contributed by atoms with E-state index in [0.717, 1.165) is 5.69 Å². The summed E-state index contributed by atoms with van der Waals surface area (Å²) >= 11 is 0. The van der Waals surface area contributed by atoms with Gasteiger partial charge in [0.25, 0.3) is 11.5 Å². The summed E-state index contributed by atoms with van der Waals surface area (Å²) < 4.78 is 16.1. The van der Waals surface area contributed by atoms with Crippen LogP contribution in [-0.4, -0.2) is 47.0 Å². The summed E-state index contributed by atoms with van der Waals surface area (Å²) in [7, 11) is 1.79. The fourth-order valence-corrected chi connectivity index (χ4v) is 3.83. The van der Waals surface area contributed by atoms with Gasteiger partial charge in [-0.1, -0.05) is 17.3 Å². The fourth-order valence-electron chi connectivity index (χ4n) is 3.83. The molecule has 0 aliphatic carbocycles. The number of carbonyl (C=O) groups excluding carboxylic acids is 1. The lowest BCUT2D eigenvalue weighted by atomic mass is 9.97. The molecule has 10 nitrogen and oxygen atoms in total. The summed E-state index contributed by atoms with van der Waals surface area (Å²) in [6.45, 7) is 5.24. The molecule has 2 aromatic heterocycles. The van der Waals surface area contributed by atoms with E-state index in [1.165, 1.54) is 28.8 Å². The first-order chi connectivity index (χ1) is 15.2. The van der Waals surface area contributed by atoms with Gasteiger partial charge in [0.05, 0.1) is 11.2 Å². The zero-order valence-corrected chi connectivity index (χ0v) is 18.0. The first kappa shape index (κ1) is 21.6. The third-order valence-corrected chi connectivity index (χ3v) is 5.66. The summed E-state index contributed by atoms with van der Waals surface area (Å²) in [5.74, 6) is -1.38. The number of benzene rings is 1. The van der Waals surface area contributed by atoms with Gasteiger partial charge in [-0.15, -0.1) is 5.10 Å². The summed E-state index contributed by atoms with van der Waals surface area (Å²) in [6, 6.07) is 5.66. The Morgan fingerprint density at radius 1 is 1.25 bits per heavy atom. The Morgan fingerprint density at radius 3 is 2.62 bits per heavy atom. The van der Waals surface area contributed by atoms with Crippen molar-refractivity contribution in [3.63, 3.8) is 0 Å². The molecule has 3 heterocycles. The monoisotopic (exact) mass is 441 g/mol. The van der Waals surface area contributed by atoms with Crippen molar-refractivity contribution in [2.75, 3.05) is 6.54 Å². The van der Waals surface area contributed by atoms with Crippen molar-refractivity contribution in [1.82, 2.24) is 34.8 Å². The Balaban J connectivity index is 1.61. The second-order valence-corrected chi connectivity index (χ2v) is 8.26. The maximum absolute atomic E-state index is 13.1. The zero-order valence-electron chi connectivity index (χ0n) is 18.0. The minimum absolute atomic E-state index is 0.0981. The standard InChI is InChI=1S/C21H24FN7O3/c1-21(2)20-24-16(18(31)23-10-13-4-6-14(22)7-5-13)17(30)19(32)29(20)9-8-28(21)12-15-11-27(3)26-25-15/h4-7,11,30H,8-10,12H2,1-3H3,(H,23,31). The van der Waals surface area contributed by atoms with Gasteiger partial charge in [0.2, 0.25) is 5.75 Å². The number of hydrogen-bond donors (Lipinski definition) is 2. The van der Waals surface area contributed by atoms with Gasteiger partial charge < -0.3 is 10.4 Å². The molecule has 0 fully saturated rings. The molecule has 168 valence electrons. The summed E-state index contributed by atoms with van der Waals surface area (Å²) in [5, 5.41) is 21.1. The third kappa shape index (κ3) is 3.98. The van der Waals surface area contributed by atoms with Crippen LogP contribution in [0.3, 0.4) is 0 Å². The van der Waals surface area contributed by atoms with Crippen molar-refractivity contribution in [3.8, 4) is 5.75 Å². The van der Waals surface area contributed by atoms with Crippen molar-refractivity contribution in [1.29, 1.82) is 0 Å². The molecule has 1 aliphatic rings. The average Bonchev–Trinajstić information content (AvgIpc) is 3.16. The SMILES string of the molecule is Cn1cc(CN2CCn3c(nc(C(=O)NCc4ccc(F)cc4)c(O)c3=O)C2(C)C)nn1. The molecule has 0 spiro atoms. The Morgan fingerprint density at radius 2 is 1.97 bits per heavy atom. The fraction of sp³-hybridized carbons (Fsp3) is 0.381. The number of hydrogen-bond acceptors (Lipinski definition) is 7. The van der Waals surface area contributed by atoms with Crippen LogP contribution in [0, 0.1) is 5.82 Å². The molecule has 1 aromatic carbocycles. The van der Waals surface area contributed by atoms with E-state index >= 15 is 0 Å². The molecule has 0 bridgehead atoms. The maximum Gasteiger partial charge on any atom is 0.296 e. The predicted molar refractivity (Wildman–Crippen MR) is 112 cm³/mol. The topological polar surface area (TPSA) is 118 Å². The average molecular weight is 441 g/mol. The van der Waals surface area contributed by atoms with Crippen LogP contribution in [-0.2, 0) is 32.2 Å². The molecule has 0 saturated heterocycles. The molecule has 2 N–H and O–H groups in total. The van der Waals surface area contributed by atoms with Crippen LogP contribution in [0.15, 0.2) is 35.3 Å². The number of amides is 1. The number of aryl methyl sites for hydroxylation is 1. The van der Waals surface area contributed by atoms with E-state index in [9.17, 15) is 19.1 Å². The number of aromatic nitrogens is 5. The van der Waals surface area contributed by atoms with Crippen LogP contribution in [0.4, 0.5) is 4.39 Å². The number of nitrogens with one attached hydrogen (secondary N) is 1. The van der Waals surface area contributed by atoms with E-state index in [4.69, 9.17) is 0 Å². The molecule has 3 aromatic rings. The first-order valence-electron chi connectivity index (χ1n) is 10.1. The highest BCUT2D eigenvalue weighted by atomic mass is 19.1. The molecule has 11 heteroatoms. The lowest BCUT2D eigenvalue weighted by molar-refractivity contribution is 0.0637. The highest BCUT2D eigenvalue weighted by molar-refractivity contribution is 5.94. The van der Waals surface area contributed by atoms with Gasteiger partial charge in [0.15, 0.2) is 5.69 Å². The second kappa shape index (κ2) is 8.15. The van der Waals surface area contributed by atoms with E-state index < -0.39 is 22.8 Å². The zero-order chi connectivity index (χ0) is 23.0. The van der Waals surface area contributed by atoms with Crippen LogP contribution in [0.25, 0.3) is 0 Å². The summed E-state index contributed by atoms with van der Waals surface area (Å²) in [5.41, 5.74) is -0.266. The third-order valence-electron chi connectivity index (χ3n) is 5.66. The van der Waals surface area contributed by atoms with Gasteiger partial charge in [0, 0.05) is 39.4 Å². The second-order valence-electron chi connectivity index (χ2n) is 8.26. The van der Waals surface area contributed by atoms with Crippen LogP contribution >= 0.6 is 0 Å². The van der Waals surface area contributed by atoms with Crippen molar-refractivity contribution < 1.29 is 14.3 Å². The Kier molecular flexibility index (Phi) is 5.51. The van der Waals surface area contributed by atoms with Gasteiger partial charge in [-0.25, -0.2) is 9.37 Å². The van der Waals surface area contributed by atoms with Gasteiger partial charge in [-0.3, -0.25) is 23.7 Å². The molecule has 1 amide bonds. The van der Waals surface area contributed by atoms with Crippen molar-refractivity contribution >= 4 is 5.91 Å². The van der Waals surface area contributed by atoms with Crippen molar-refractivity contribution in [3.05, 3.63) is 69.4 Å². The lowest BCUT2D eigenvalue weighted by Crippen LogP contribution is -2.52. The Labute approximate surface area is 183 Å². The molecule has 1 aliphatic heterocycles. The number of rotatable bonds is 5. The quantitative estimate of drug-likeness (QED) is 0.604. The first-order valence-corrected chi connectivity index (χ1v) is 10.1. The van der Waals surface area contributed by atoms with Gasteiger partial charge in [-0.05, 0) is 31.5 Å². The molecule has 0 saturated carbocycles. The smallest absolute Gasteiger partial charge is 0.296 e. The van der Waals surface area contributed by atoms with Gasteiger partial charge >= 0.3 is 0 Å². The van der Waals surface area contributed by atoms with E-state index in [2.05, 4.69) is 25.5 Å². The highest BCUT2D eigenvalue weighted by Gasteiger charge is 2.39. The van der Waals surface area contributed by atoms with Crippen LogP contribution in [0.1, 0.15) is 41.4 Å². The summed E-state index contributed by atoms with van der Waals surface area (Å²) in [6.07, 6.45) is 1.82. The molecule has 0 unspecified atom stereocenters. The number of fused-ring (bicyclic) bond motifs is 1. The number of aromatic hydroxyl groups is 1. The van der Waals surface area contributed by atoms with E-state index in [0.29, 0.717) is 31.0 Å².